The molecule has 178 valence electrons. The monoisotopic (exact) mass is 578 g/mol. The van der Waals surface area contributed by atoms with Gasteiger partial charge in [-0.3, -0.25) is 19.2 Å². The Kier molecular flexibility index (Phi) is 5.65. The van der Waals surface area contributed by atoms with E-state index in [9.17, 15) is 26.8 Å². The number of fused-ring (bicyclic) bond motifs is 2. The first kappa shape index (κ1) is 23.5. The molecule has 1 aromatic heterocycles. The van der Waals surface area contributed by atoms with Crippen LogP contribution in [0.3, 0.4) is 0 Å². The van der Waals surface area contributed by atoms with Crippen LogP contribution < -0.4 is 4.72 Å². The number of carbonyl (C=O) groups excluding carboxylic acids is 2. The number of nitrogens with one attached hydrogen (secondary N) is 1. The summed E-state index contributed by atoms with van der Waals surface area (Å²) >= 11 is 4.10. The Morgan fingerprint density at radius 2 is 1.83 bits per heavy atom. The first-order valence-electron chi connectivity index (χ1n) is 9.99. The fourth-order valence-corrected chi connectivity index (χ4v) is 6.25. The van der Waals surface area contributed by atoms with Gasteiger partial charge in [-0.15, -0.1) is 0 Å². The number of anilines is 1. The van der Waals surface area contributed by atoms with Crippen LogP contribution in [0.5, 0.6) is 0 Å². The van der Waals surface area contributed by atoms with Gasteiger partial charge < -0.3 is 0 Å². The molecular formula is C22H13BrF2N4O4S2. The Hall–Kier alpha value is -3.29. The second-order valence-corrected chi connectivity index (χ2v) is 10.8. The van der Waals surface area contributed by atoms with Crippen LogP contribution in [-0.4, -0.2) is 33.9 Å². The number of nitrogens with zero attached hydrogens (tertiary/aromatic N) is 3. The van der Waals surface area contributed by atoms with Gasteiger partial charge in [-0.1, -0.05) is 28.1 Å². The summed E-state index contributed by atoms with van der Waals surface area (Å²) in [6.07, 6.45) is 0. The van der Waals surface area contributed by atoms with Crippen LogP contribution in [0.15, 0.2) is 57.9 Å². The van der Waals surface area contributed by atoms with E-state index in [4.69, 9.17) is 0 Å². The fourth-order valence-electron chi connectivity index (χ4n) is 3.96. The molecule has 13 heteroatoms. The zero-order valence-electron chi connectivity index (χ0n) is 17.6. The molecule has 0 aliphatic carbocycles. The van der Waals surface area contributed by atoms with Gasteiger partial charge in [-0.25, -0.2) is 17.2 Å². The highest BCUT2D eigenvalue weighted by atomic mass is 79.9. The van der Waals surface area contributed by atoms with Crippen LogP contribution in [0.4, 0.5) is 14.5 Å². The highest BCUT2D eigenvalue weighted by molar-refractivity contribution is 9.10. The third-order valence-corrected chi connectivity index (χ3v) is 7.97. The Morgan fingerprint density at radius 3 is 2.57 bits per heavy atom. The Balaban J connectivity index is 1.57. The molecule has 2 amide bonds. The van der Waals surface area contributed by atoms with Gasteiger partial charge in [0.1, 0.15) is 27.6 Å². The molecule has 1 aliphatic rings. The lowest BCUT2D eigenvalue weighted by molar-refractivity contribution is 0.0593. The summed E-state index contributed by atoms with van der Waals surface area (Å²) in [7, 11) is -4.24. The Bertz CT molecular complexity index is 1660. The maximum absolute atomic E-state index is 14.4. The zero-order chi connectivity index (χ0) is 25.1. The molecule has 4 aromatic rings. The Morgan fingerprint density at radius 1 is 1.06 bits per heavy atom. The van der Waals surface area contributed by atoms with Gasteiger partial charge in [0.2, 0.25) is 0 Å². The minimum atomic E-state index is -4.24. The van der Waals surface area contributed by atoms with Crippen LogP contribution in [0.1, 0.15) is 39.2 Å². The molecule has 3 aromatic carbocycles. The number of carbonyl (C=O) groups is 2. The summed E-state index contributed by atoms with van der Waals surface area (Å²) in [5.74, 6) is -3.28. The second-order valence-electron chi connectivity index (χ2n) is 7.69. The molecule has 0 saturated carbocycles. The van der Waals surface area contributed by atoms with E-state index in [-0.39, 0.29) is 32.8 Å². The van der Waals surface area contributed by atoms with Crippen molar-refractivity contribution in [1.82, 2.24) is 13.6 Å². The molecule has 1 aliphatic heterocycles. The molecule has 35 heavy (non-hydrogen) atoms. The molecule has 0 fully saturated rings. The van der Waals surface area contributed by atoms with E-state index in [0.29, 0.717) is 16.1 Å². The summed E-state index contributed by atoms with van der Waals surface area (Å²) in [6.45, 7) is 1.42. The van der Waals surface area contributed by atoms with Crippen molar-refractivity contribution in [1.29, 1.82) is 0 Å². The standard InChI is InChI=1S/C22H13BrF2N4O4S2/c1-10(13-6-5-12(24)9-15(13)25)29-21(30)14-7-11(23)8-17(19(14)22(29)31)28-35(32,33)18-4-2-3-16-20(18)27-34-26-16/h2-10,28H,1H3/t10-/m1/s1. The molecule has 0 saturated heterocycles. The number of hydrogen-bond acceptors (Lipinski definition) is 7. The third kappa shape index (κ3) is 3.89. The van der Waals surface area contributed by atoms with Crippen LogP contribution in [0.25, 0.3) is 11.0 Å². The SMILES string of the molecule is C[C@H](c1ccc(F)cc1F)N1C(=O)c2cc(Br)cc(NS(=O)(=O)c3cccc4nsnc34)c2C1=O. The zero-order valence-corrected chi connectivity index (χ0v) is 20.8. The largest absolute Gasteiger partial charge is 0.279 e. The number of imide groups is 1. The molecule has 1 atom stereocenters. The lowest BCUT2D eigenvalue weighted by atomic mass is 10.1. The molecule has 0 unspecified atom stereocenters. The molecule has 8 nitrogen and oxygen atoms in total. The number of hydrogen-bond donors (Lipinski definition) is 1. The smallest absolute Gasteiger partial charge is 0.264 e. The molecule has 1 N–H and O–H groups in total. The summed E-state index contributed by atoms with van der Waals surface area (Å²) in [5, 5.41) is 0. The number of amides is 2. The summed E-state index contributed by atoms with van der Waals surface area (Å²) in [4.78, 5) is 27.2. The maximum Gasteiger partial charge on any atom is 0.264 e. The van der Waals surface area contributed by atoms with Gasteiger partial charge in [-0.05, 0) is 37.3 Å². The normalized spacial score (nSPS) is 14.5. The van der Waals surface area contributed by atoms with Crippen LogP contribution in [-0.2, 0) is 10.0 Å². The first-order chi connectivity index (χ1) is 16.6. The van der Waals surface area contributed by atoms with Crippen molar-refractivity contribution in [2.75, 3.05) is 4.72 Å². The van der Waals surface area contributed by atoms with E-state index in [1.54, 1.807) is 6.07 Å². The molecular weight excluding hydrogens is 566 g/mol. The lowest BCUT2D eigenvalue weighted by Crippen LogP contribution is -2.33. The predicted octanol–water partition coefficient (Wildman–Crippen LogP) is 4.89. The van der Waals surface area contributed by atoms with Crippen molar-refractivity contribution in [2.45, 2.75) is 17.9 Å². The average molecular weight is 579 g/mol. The van der Waals surface area contributed by atoms with Crippen molar-refractivity contribution < 1.29 is 26.8 Å². The minimum Gasteiger partial charge on any atom is -0.279 e. The van der Waals surface area contributed by atoms with Crippen LogP contribution in [0.2, 0.25) is 0 Å². The van der Waals surface area contributed by atoms with E-state index in [2.05, 4.69) is 29.4 Å². The van der Waals surface area contributed by atoms with Crippen LogP contribution >= 0.6 is 27.7 Å². The summed E-state index contributed by atoms with van der Waals surface area (Å²) < 4.78 is 65.0. The predicted molar refractivity (Wildman–Crippen MR) is 128 cm³/mol. The van der Waals surface area contributed by atoms with Gasteiger partial charge in [0.25, 0.3) is 21.8 Å². The van der Waals surface area contributed by atoms with Gasteiger partial charge in [0, 0.05) is 16.1 Å². The van der Waals surface area contributed by atoms with Crippen molar-refractivity contribution in [3.63, 3.8) is 0 Å². The highest BCUT2D eigenvalue weighted by Crippen LogP contribution is 2.38. The van der Waals surface area contributed by atoms with Crippen molar-refractivity contribution in [2.24, 2.45) is 0 Å². The van der Waals surface area contributed by atoms with E-state index in [0.717, 1.165) is 28.8 Å². The lowest BCUT2D eigenvalue weighted by Gasteiger charge is -2.23. The van der Waals surface area contributed by atoms with Gasteiger partial charge >= 0.3 is 0 Å². The highest BCUT2D eigenvalue weighted by Gasteiger charge is 2.42. The third-order valence-electron chi connectivity index (χ3n) is 5.57. The number of rotatable bonds is 5. The van der Waals surface area contributed by atoms with Gasteiger partial charge in [-0.2, -0.15) is 8.75 Å². The molecule has 5 rings (SSSR count). The Labute approximate surface area is 210 Å². The molecule has 0 spiro atoms. The van der Waals surface area contributed by atoms with Crippen LogP contribution in [0, 0.1) is 11.6 Å². The van der Waals surface area contributed by atoms with E-state index in [1.165, 1.54) is 31.2 Å². The van der Waals surface area contributed by atoms with E-state index < -0.39 is 39.5 Å². The van der Waals surface area contributed by atoms with E-state index in [1.807, 2.05) is 0 Å². The van der Waals surface area contributed by atoms with Crippen molar-refractivity contribution >= 4 is 66.2 Å². The van der Waals surface area contributed by atoms with Crippen molar-refractivity contribution in [3.8, 4) is 0 Å². The summed E-state index contributed by atoms with van der Waals surface area (Å²) in [5.41, 5.74) is 0.114. The number of sulfonamides is 1. The second kappa shape index (κ2) is 8.43. The average Bonchev–Trinajstić information content (AvgIpc) is 3.35. The fraction of sp³-hybridized carbons (Fsp3) is 0.0909. The molecule has 2 heterocycles. The number of benzene rings is 3. The summed E-state index contributed by atoms with van der Waals surface area (Å²) in [6, 6.07) is 8.97. The maximum atomic E-state index is 14.4. The van der Waals surface area contributed by atoms with Gasteiger partial charge in [0.05, 0.1) is 34.6 Å². The topological polar surface area (TPSA) is 109 Å². The van der Waals surface area contributed by atoms with Crippen molar-refractivity contribution in [3.05, 3.63) is 81.3 Å². The van der Waals surface area contributed by atoms with E-state index >= 15 is 0 Å². The number of aromatic nitrogens is 2. The molecule has 0 bridgehead atoms. The quantitative estimate of drug-likeness (QED) is 0.338. The molecule has 0 radical (unpaired) electrons. The first-order valence-corrected chi connectivity index (χ1v) is 13.0. The number of halogens is 3. The van der Waals surface area contributed by atoms with Gasteiger partial charge in [0.15, 0.2) is 0 Å². The minimum absolute atomic E-state index is 0.0648.